The molecule has 4 nitrogen and oxygen atoms in total. The predicted octanol–water partition coefficient (Wildman–Crippen LogP) is 2.43. The van der Waals surface area contributed by atoms with Crippen LogP contribution in [0.5, 0.6) is 0 Å². The monoisotopic (exact) mass is 289 g/mol. The topological polar surface area (TPSA) is 42.7 Å². The van der Waals surface area contributed by atoms with Gasteiger partial charge in [-0.2, -0.15) is 0 Å². The molecule has 0 amide bonds. The van der Waals surface area contributed by atoms with Gasteiger partial charge < -0.3 is 9.15 Å². The number of nitrogens with zero attached hydrogens (tertiary/aromatic N) is 1. The maximum absolute atomic E-state index is 11.2. The van der Waals surface area contributed by atoms with Gasteiger partial charge in [0.05, 0.1) is 20.2 Å². The van der Waals surface area contributed by atoms with Gasteiger partial charge >= 0.3 is 5.97 Å². The number of hydrogen-bond acceptors (Lipinski definition) is 4. The molecule has 1 heterocycles. The first kappa shape index (κ1) is 13.3. The number of halogens is 1. The van der Waals surface area contributed by atoms with E-state index in [1.807, 2.05) is 30.9 Å². The average molecular weight is 290 g/mol. The zero-order valence-corrected chi connectivity index (χ0v) is 11.3. The molecule has 0 aliphatic carbocycles. The van der Waals surface area contributed by atoms with Gasteiger partial charge in [-0.25, -0.2) is 0 Å². The van der Waals surface area contributed by atoms with Crippen molar-refractivity contribution in [1.29, 1.82) is 0 Å². The molecule has 0 atom stereocenters. The number of hydrogen-bond donors (Lipinski definition) is 0. The van der Waals surface area contributed by atoms with E-state index in [9.17, 15) is 4.79 Å². The summed E-state index contributed by atoms with van der Waals surface area (Å²) in [6.07, 6.45) is 0. The van der Waals surface area contributed by atoms with Gasteiger partial charge in [-0.3, -0.25) is 9.69 Å². The van der Waals surface area contributed by atoms with Crippen molar-refractivity contribution in [3.63, 3.8) is 0 Å². The van der Waals surface area contributed by atoms with E-state index in [4.69, 9.17) is 4.42 Å². The van der Waals surface area contributed by atoms with Crippen molar-refractivity contribution in [2.45, 2.75) is 26.4 Å². The lowest BCUT2D eigenvalue weighted by molar-refractivity contribution is -0.142. The molecule has 0 saturated heterocycles. The Labute approximate surface area is 104 Å². The van der Waals surface area contributed by atoms with Gasteiger partial charge in [-0.15, -0.1) is 0 Å². The summed E-state index contributed by atoms with van der Waals surface area (Å²) in [5, 5.41) is 0. The number of ether oxygens (including phenoxy) is 1. The third-order valence-corrected chi connectivity index (χ3v) is 2.70. The maximum atomic E-state index is 11.2. The van der Waals surface area contributed by atoms with E-state index in [2.05, 4.69) is 20.7 Å². The molecule has 0 aliphatic rings. The van der Waals surface area contributed by atoms with Crippen molar-refractivity contribution in [2.75, 3.05) is 13.7 Å². The summed E-state index contributed by atoms with van der Waals surface area (Å²) in [5.41, 5.74) is 0. The quantitative estimate of drug-likeness (QED) is 0.781. The van der Waals surface area contributed by atoms with E-state index in [0.29, 0.717) is 11.2 Å². The smallest absolute Gasteiger partial charge is 0.319 e. The van der Waals surface area contributed by atoms with Gasteiger partial charge in [0, 0.05) is 6.04 Å². The van der Waals surface area contributed by atoms with Crippen molar-refractivity contribution in [3.8, 4) is 0 Å². The first-order chi connectivity index (χ1) is 7.52. The highest BCUT2D eigenvalue weighted by molar-refractivity contribution is 9.10. The molecule has 5 heteroatoms. The van der Waals surface area contributed by atoms with E-state index < -0.39 is 0 Å². The molecule has 0 fully saturated rings. The van der Waals surface area contributed by atoms with Gasteiger partial charge in [-0.05, 0) is 41.9 Å². The van der Waals surface area contributed by atoms with Crippen molar-refractivity contribution in [1.82, 2.24) is 4.90 Å². The van der Waals surface area contributed by atoms with Crippen LogP contribution in [0.3, 0.4) is 0 Å². The number of carbonyl (C=O) groups excluding carboxylic acids is 1. The maximum Gasteiger partial charge on any atom is 0.319 e. The molecule has 0 radical (unpaired) electrons. The van der Waals surface area contributed by atoms with Crippen LogP contribution in [0.4, 0.5) is 0 Å². The Morgan fingerprint density at radius 3 is 2.69 bits per heavy atom. The molecule has 0 aromatic carbocycles. The minimum Gasteiger partial charge on any atom is -0.468 e. The van der Waals surface area contributed by atoms with Gasteiger partial charge in [0.25, 0.3) is 0 Å². The van der Waals surface area contributed by atoms with Crippen LogP contribution in [0.2, 0.25) is 0 Å². The van der Waals surface area contributed by atoms with Gasteiger partial charge in [0.1, 0.15) is 5.76 Å². The van der Waals surface area contributed by atoms with Crippen LogP contribution in [0.25, 0.3) is 0 Å². The molecule has 0 saturated carbocycles. The fraction of sp³-hybridized carbons (Fsp3) is 0.545. The van der Waals surface area contributed by atoms with Crippen molar-refractivity contribution >= 4 is 21.9 Å². The van der Waals surface area contributed by atoms with Gasteiger partial charge in [-0.1, -0.05) is 0 Å². The number of rotatable bonds is 5. The number of esters is 1. The molecule has 0 unspecified atom stereocenters. The second kappa shape index (κ2) is 6.06. The summed E-state index contributed by atoms with van der Waals surface area (Å²) in [5.74, 6) is 0.587. The van der Waals surface area contributed by atoms with Crippen LogP contribution in [0, 0.1) is 0 Å². The number of furan rings is 1. The summed E-state index contributed by atoms with van der Waals surface area (Å²) >= 11 is 3.25. The largest absolute Gasteiger partial charge is 0.468 e. The average Bonchev–Trinajstić information content (AvgIpc) is 2.62. The highest BCUT2D eigenvalue weighted by atomic mass is 79.9. The highest BCUT2D eigenvalue weighted by Crippen LogP contribution is 2.16. The Bertz CT molecular complexity index is 349. The minimum atomic E-state index is -0.237. The standard InChI is InChI=1S/C11H16BrNO3/c1-8(2)13(7-11(14)15-3)6-9-4-5-10(12)16-9/h4-5,8H,6-7H2,1-3H3. The van der Waals surface area contributed by atoms with E-state index in [-0.39, 0.29) is 18.6 Å². The molecule has 90 valence electrons. The lowest BCUT2D eigenvalue weighted by atomic mass is 10.3. The van der Waals surface area contributed by atoms with Crippen LogP contribution in [0.15, 0.2) is 21.2 Å². The van der Waals surface area contributed by atoms with E-state index in [0.717, 1.165) is 5.76 Å². The van der Waals surface area contributed by atoms with Crippen LogP contribution in [-0.2, 0) is 16.1 Å². The summed E-state index contributed by atoms with van der Waals surface area (Å²) in [6.45, 7) is 4.92. The molecule has 0 bridgehead atoms. The Kier molecular flexibility index (Phi) is 5.02. The Hall–Kier alpha value is -0.810. The molecular formula is C11H16BrNO3. The van der Waals surface area contributed by atoms with Crippen LogP contribution in [-0.4, -0.2) is 30.6 Å². The molecule has 0 N–H and O–H groups in total. The normalized spacial score (nSPS) is 11.1. The molecular weight excluding hydrogens is 274 g/mol. The molecule has 1 aromatic rings. The Morgan fingerprint density at radius 1 is 1.56 bits per heavy atom. The fourth-order valence-corrected chi connectivity index (χ4v) is 1.63. The zero-order valence-electron chi connectivity index (χ0n) is 9.70. The first-order valence-electron chi connectivity index (χ1n) is 5.08. The SMILES string of the molecule is COC(=O)CN(Cc1ccc(Br)o1)C(C)C. The van der Waals surface area contributed by atoms with E-state index >= 15 is 0 Å². The van der Waals surface area contributed by atoms with Crippen molar-refractivity contribution in [2.24, 2.45) is 0 Å². The van der Waals surface area contributed by atoms with Crippen LogP contribution in [0.1, 0.15) is 19.6 Å². The van der Waals surface area contributed by atoms with Gasteiger partial charge in [0.15, 0.2) is 4.67 Å². The lowest BCUT2D eigenvalue weighted by Crippen LogP contribution is -2.35. The lowest BCUT2D eigenvalue weighted by Gasteiger charge is -2.23. The minimum absolute atomic E-state index is 0.237. The first-order valence-corrected chi connectivity index (χ1v) is 5.87. The van der Waals surface area contributed by atoms with Crippen molar-refractivity contribution in [3.05, 3.63) is 22.6 Å². The number of methoxy groups -OCH3 is 1. The highest BCUT2D eigenvalue weighted by Gasteiger charge is 2.16. The Balaban J connectivity index is 2.61. The molecule has 0 aliphatic heterocycles. The second-order valence-corrected chi connectivity index (χ2v) is 4.56. The third-order valence-electron chi connectivity index (χ3n) is 2.28. The summed E-state index contributed by atoms with van der Waals surface area (Å²) in [7, 11) is 1.39. The number of carbonyl (C=O) groups is 1. The second-order valence-electron chi connectivity index (χ2n) is 3.78. The van der Waals surface area contributed by atoms with E-state index in [1.165, 1.54) is 7.11 Å². The van der Waals surface area contributed by atoms with Crippen molar-refractivity contribution < 1.29 is 13.9 Å². The summed E-state index contributed by atoms with van der Waals surface area (Å²) in [6, 6.07) is 3.98. The zero-order chi connectivity index (χ0) is 12.1. The molecule has 1 rings (SSSR count). The summed E-state index contributed by atoms with van der Waals surface area (Å²) < 4.78 is 10.8. The van der Waals surface area contributed by atoms with E-state index in [1.54, 1.807) is 0 Å². The Morgan fingerprint density at radius 2 is 2.25 bits per heavy atom. The molecule has 16 heavy (non-hydrogen) atoms. The van der Waals surface area contributed by atoms with Crippen LogP contribution < -0.4 is 0 Å². The predicted molar refractivity (Wildman–Crippen MR) is 64.0 cm³/mol. The molecule has 0 spiro atoms. The summed E-state index contributed by atoms with van der Waals surface area (Å²) in [4.78, 5) is 13.2. The fourth-order valence-electron chi connectivity index (χ4n) is 1.29. The van der Waals surface area contributed by atoms with Gasteiger partial charge in [0.2, 0.25) is 0 Å². The van der Waals surface area contributed by atoms with Crippen LogP contribution >= 0.6 is 15.9 Å². The molecule has 1 aromatic heterocycles. The third kappa shape index (κ3) is 3.98.